The molecule has 14 heteroatoms. The summed E-state index contributed by atoms with van der Waals surface area (Å²) in [6, 6.07) is 17.2. The molecular formula is C32H34Cl2N8O3S. The number of urea groups is 1. The molecule has 2 aliphatic heterocycles. The number of aromatic nitrogens is 1. The Bertz CT molecular complexity index is 1790. The summed E-state index contributed by atoms with van der Waals surface area (Å²) in [6.45, 7) is 3.01. The third kappa shape index (κ3) is 6.43. The van der Waals surface area contributed by atoms with Crippen molar-refractivity contribution in [3.8, 4) is 0 Å². The highest BCUT2D eigenvalue weighted by Gasteiger charge is 2.52. The van der Waals surface area contributed by atoms with Gasteiger partial charge in [-0.15, -0.1) is 0 Å². The summed E-state index contributed by atoms with van der Waals surface area (Å²) in [6.07, 6.45) is 0.394. The molecule has 2 atom stereocenters. The number of nitrogen functional groups attached to an aromatic ring is 2. The lowest BCUT2D eigenvalue weighted by Crippen LogP contribution is -2.66. The summed E-state index contributed by atoms with van der Waals surface area (Å²) in [4.78, 5) is 49.6. The van der Waals surface area contributed by atoms with E-state index in [2.05, 4.69) is 10.3 Å². The number of piperazine rings is 1. The zero-order valence-corrected chi connectivity index (χ0v) is 27.5. The van der Waals surface area contributed by atoms with Crippen molar-refractivity contribution in [2.24, 2.45) is 0 Å². The Balaban J connectivity index is 1.30. The standard InChI is InChI=1S/C32H34Cl2N8O3S/c1-2-12-40(32(45)37-15-20-8-11-23(33)24(34)13-20)41-18-28(43)42-25(14-19-6-9-22(35)10-7-19)30(44)39(17-27(41)42)16-21-4-3-5-26-29(21)38-31(36)46-26/h3-11,13,25,27H,2,12,14-18,35H2,1H3,(H2,36,38)(H,37,45)/t25-,27+/m0/s1. The van der Waals surface area contributed by atoms with Crippen LogP contribution in [0.5, 0.6) is 0 Å². The molecule has 2 saturated heterocycles. The lowest BCUT2D eigenvalue weighted by molar-refractivity contribution is -0.157. The van der Waals surface area contributed by atoms with E-state index in [9.17, 15) is 14.4 Å². The first-order valence-electron chi connectivity index (χ1n) is 15.0. The second-order valence-electron chi connectivity index (χ2n) is 11.4. The van der Waals surface area contributed by atoms with Crippen molar-refractivity contribution < 1.29 is 14.4 Å². The van der Waals surface area contributed by atoms with E-state index in [-0.39, 0.29) is 44.0 Å². The van der Waals surface area contributed by atoms with Gasteiger partial charge in [0.25, 0.3) is 0 Å². The third-order valence-electron chi connectivity index (χ3n) is 8.26. The minimum absolute atomic E-state index is 0.0393. The van der Waals surface area contributed by atoms with Crippen LogP contribution in [0.2, 0.25) is 10.0 Å². The van der Waals surface area contributed by atoms with E-state index in [1.807, 2.05) is 37.3 Å². The molecule has 0 bridgehead atoms. The summed E-state index contributed by atoms with van der Waals surface area (Å²) in [7, 11) is 0. The summed E-state index contributed by atoms with van der Waals surface area (Å²) in [5.74, 6) is -0.388. The van der Waals surface area contributed by atoms with E-state index < -0.39 is 12.2 Å². The Morgan fingerprint density at radius 2 is 1.83 bits per heavy atom. The van der Waals surface area contributed by atoms with E-state index in [4.69, 9.17) is 34.7 Å². The number of carbonyl (C=O) groups excluding carboxylic acids is 3. The quantitative estimate of drug-likeness (QED) is 0.217. The Morgan fingerprint density at radius 1 is 1.07 bits per heavy atom. The number of hydrogen-bond acceptors (Lipinski definition) is 8. The van der Waals surface area contributed by atoms with Gasteiger partial charge in [-0.2, -0.15) is 5.01 Å². The predicted octanol–water partition coefficient (Wildman–Crippen LogP) is 4.73. The minimum atomic E-state index is -0.776. The van der Waals surface area contributed by atoms with Gasteiger partial charge in [0.15, 0.2) is 5.13 Å². The van der Waals surface area contributed by atoms with Gasteiger partial charge in [-0.05, 0) is 53.4 Å². The number of nitrogens with zero attached hydrogens (tertiary/aromatic N) is 5. The number of rotatable bonds is 9. The van der Waals surface area contributed by atoms with Gasteiger partial charge in [-0.25, -0.2) is 9.78 Å². The molecule has 0 spiro atoms. The van der Waals surface area contributed by atoms with E-state index in [1.165, 1.54) is 11.3 Å². The topological polar surface area (TPSA) is 141 Å². The molecule has 0 radical (unpaired) electrons. The number of fused-ring (bicyclic) bond motifs is 2. The molecular weight excluding hydrogens is 647 g/mol. The molecule has 0 saturated carbocycles. The monoisotopic (exact) mass is 680 g/mol. The normalized spacial score (nSPS) is 18.3. The summed E-state index contributed by atoms with van der Waals surface area (Å²) < 4.78 is 0.935. The van der Waals surface area contributed by atoms with Crippen LogP contribution >= 0.6 is 34.5 Å². The number of para-hydroxylation sites is 1. The Hall–Kier alpha value is -4.10. The lowest BCUT2D eigenvalue weighted by atomic mass is 9.99. The Kier molecular flexibility index (Phi) is 9.23. The first kappa shape index (κ1) is 31.9. The highest BCUT2D eigenvalue weighted by Crippen LogP contribution is 2.32. The maximum absolute atomic E-state index is 14.2. The molecule has 3 heterocycles. The zero-order chi connectivity index (χ0) is 32.5. The molecule has 4 aromatic rings. The first-order chi connectivity index (χ1) is 22.1. The van der Waals surface area contributed by atoms with Crippen molar-refractivity contribution >= 4 is 73.4 Å². The Labute approximate surface area is 280 Å². The van der Waals surface area contributed by atoms with Gasteiger partial charge >= 0.3 is 6.03 Å². The number of anilines is 2. The van der Waals surface area contributed by atoms with Crippen LogP contribution in [-0.4, -0.2) is 74.5 Å². The van der Waals surface area contributed by atoms with Crippen LogP contribution in [0, 0.1) is 0 Å². The van der Waals surface area contributed by atoms with Crippen LogP contribution < -0.4 is 16.8 Å². The molecule has 4 amide bonds. The molecule has 240 valence electrons. The number of hydrogen-bond donors (Lipinski definition) is 3. The SMILES string of the molecule is CCCN(C(=O)NCc1ccc(Cl)c(Cl)c1)N1CC(=O)N2[C@@H](Cc3ccc(N)cc3)C(=O)N(Cc3cccc4sc(N)nc34)C[C@@H]21. The smallest absolute Gasteiger partial charge is 0.332 e. The van der Waals surface area contributed by atoms with Crippen LogP contribution in [-0.2, 0) is 29.1 Å². The molecule has 3 aromatic carbocycles. The number of hydrazine groups is 1. The molecule has 2 fully saturated rings. The van der Waals surface area contributed by atoms with E-state index >= 15 is 0 Å². The molecule has 11 nitrogen and oxygen atoms in total. The van der Waals surface area contributed by atoms with Gasteiger partial charge < -0.3 is 26.6 Å². The fourth-order valence-corrected chi connectivity index (χ4v) is 7.20. The van der Waals surface area contributed by atoms with Crippen LogP contribution in [0.4, 0.5) is 15.6 Å². The average Bonchev–Trinajstić information content (AvgIpc) is 3.58. The zero-order valence-electron chi connectivity index (χ0n) is 25.2. The second kappa shape index (κ2) is 13.3. The van der Waals surface area contributed by atoms with Gasteiger partial charge in [0.1, 0.15) is 12.2 Å². The van der Waals surface area contributed by atoms with Crippen LogP contribution in [0.3, 0.4) is 0 Å². The largest absolute Gasteiger partial charge is 0.399 e. The molecule has 6 rings (SSSR count). The van der Waals surface area contributed by atoms with Gasteiger partial charge in [-0.1, -0.05) is 71.8 Å². The number of halogens is 2. The number of nitrogens with two attached hydrogens (primary N) is 2. The van der Waals surface area contributed by atoms with Crippen LogP contribution in [0.15, 0.2) is 60.7 Å². The highest BCUT2D eigenvalue weighted by molar-refractivity contribution is 7.22. The van der Waals surface area contributed by atoms with Crippen molar-refractivity contribution in [2.75, 3.05) is 31.1 Å². The van der Waals surface area contributed by atoms with Gasteiger partial charge in [0, 0.05) is 31.7 Å². The summed E-state index contributed by atoms with van der Waals surface area (Å²) in [5.41, 5.74) is 15.8. The maximum Gasteiger partial charge on any atom is 0.332 e. The highest BCUT2D eigenvalue weighted by atomic mass is 35.5. The first-order valence-corrected chi connectivity index (χ1v) is 16.5. The summed E-state index contributed by atoms with van der Waals surface area (Å²) >= 11 is 13.6. The van der Waals surface area contributed by atoms with Gasteiger partial charge in [0.05, 0.1) is 33.4 Å². The fourth-order valence-electron chi connectivity index (χ4n) is 6.10. The third-order valence-corrected chi connectivity index (χ3v) is 9.85. The molecule has 0 aliphatic carbocycles. The van der Waals surface area contributed by atoms with Crippen LogP contribution in [0.25, 0.3) is 10.2 Å². The van der Waals surface area contributed by atoms with Crippen molar-refractivity contribution in [1.82, 2.24) is 30.1 Å². The van der Waals surface area contributed by atoms with Crippen molar-refractivity contribution in [3.05, 3.63) is 87.4 Å². The number of thiazole rings is 1. The Morgan fingerprint density at radius 3 is 2.57 bits per heavy atom. The van der Waals surface area contributed by atoms with Crippen LogP contribution in [0.1, 0.15) is 30.0 Å². The van der Waals surface area contributed by atoms with Crippen molar-refractivity contribution in [1.29, 1.82) is 0 Å². The van der Waals surface area contributed by atoms with Gasteiger partial charge in [-0.3, -0.25) is 14.6 Å². The van der Waals surface area contributed by atoms with Crippen molar-refractivity contribution in [3.63, 3.8) is 0 Å². The molecule has 1 aromatic heterocycles. The lowest BCUT2D eigenvalue weighted by Gasteiger charge is -2.46. The average molecular weight is 682 g/mol. The number of nitrogens with one attached hydrogen (secondary N) is 1. The second-order valence-corrected chi connectivity index (χ2v) is 13.3. The van der Waals surface area contributed by atoms with E-state index in [0.29, 0.717) is 40.3 Å². The number of amides is 4. The summed E-state index contributed by atoms with van der Waals surface area (Å²) in [5, 5.41) is 7.60. The predicted molar refractivity (Wildman–Crippen MR) is 181 cm³/mol. The molecule has 46 heavy (non-hydrogen) atoms. The van der Waals surface area contributed by atoms with Gasteiger partial charge in [0.2, 0.25) is 11.8 Å². The van der Waals surface area contributed by atoms with Crippen molar-refractivity contribution in [2.45, 2.75) is 45.1 Å². The molecule has 0 unspecified atom stereocenters. The molecule has 5 N–H and O–H groups in total. The van der Waals surface area contributed by atoms with E-state index in [0.717, 1.165) is 26.9 Å². The fraction of sp³-hybridized carbons (Fsp3) is 0.312. The minimum Gasteiger partial charge on any atom is -0.399 e. The van der Waals surface area contributed by atoms with E-state index in [1.54, 1.807) is 50.1 Å². The maximum atomic E-state index is 14.2. The number of benzene rings is 3. The number of carbonyl (C=O) groups is 3. The molecule has 2 aliphatic rings.